The molecule has 0 saturated heterocycles. The zero-order valence-electron chi connectivity index (χ0n) is 25.4. The third-order valence-electron chi connectivity index (χ3n) is 6.36. The van der Waals surface area contributed by atoms with Gasteiger partial charge in [-0.05, 0) is 35.7 Å². The van der Waals surface area contributed by atoms with Crippen LogP contribution in [-0.2, 0) is 30.8 Å². The minimum atomic E-state index is -4.13. The number of nitrogens with one attached hydrogen (secondary N) is 3. The van der Waals surface area contributed by atoms with Crippen molar-refractivity contribution in [3.05, 3.63) is 60.2 Å². The molecule has 0 bridgehead atoms. The summed E-state index contributed by atoms with van der Waals surface area (Å²) in [5.41, 5.74) is -1.08. The molecular formula is C31H44N4O7S. The molecule has 2 aromatic rings. The van der Waals surface area contributed by atoms with E-state index in [1.54, 1.807) is 19.2 Å². The van der Waals surface area contributed by atoms with Crippen LogP contribution in [0.1, 0.15) is 38.7 Å². The Balaban J connectivity index is 2.11. The predicted octanol–water partition coefficient (Wildman–Crippen LogP) is 1.87. The summed E-state index contributed by atoms with van der Waals surface area (Å²) in [4.78, 5) is 24.2. The van der Waals surface area contributed by atoms with Crippen LogP contribution >= 0.6 is 0 Å². The maximum Gasteiger partial charge on any atom is 0.245 e. The molecule has 0 aliphatic rings. The van der Waals surface area contributed by atoms with Gasteiger partial charge in [0.1, 0.15) is 11.5 Å². The van der Waals surface area contributed by atoms with Crippen LogP contribution in [0.3, 0.4) is 0 Å². The number of sulfonamides is 1. The van der Waals surface area contributed by atoms with Gasteiger partial charge in [-0.1, -0.05) is 50.1 Å². The molecule has 11 nitrogen and oxygen atoms in total. The van der Waals surface area contributed by atoms with E-state index in [9.17, 15) is 23.1 Å². The fourth-order valence-electron chi connectivity index (χ4n) is 4.19. The van der Waals surface area contributed by atoms with Crippen LogP contribution in [0, 0.1) is 17.9 Å². The van der Waals surface area contributed by atoms with Crippen LogP contribution in [-0.4, -0.2) is 82.4 Å². The van der Waals surface area contributed by atoms with Crippen molar-refractivity contribution in [3.8, 4) is 17.7 Å². The van der Waals surface area contributed by atoms with E-state index in [1.165, 1.54) is 19.2 Å². The topological polar surface area (TPSA) is 146 Å². The summed E-state index contributed by atoms with van der Waals surface area (Å²) in [6.45, 7) is 4.99. The molecule has 12 heteroatoms. The molecule has 236 valence electrons. The highest BCUT2D eigenvalue weighted by molar-refractivity contribution is 7.89. The van der Waals surface area contributed by atoms with Crippen LogP contribution < -0.4 is 20.7 Å². The largest absolute Gasteiger partial charge is 0.497 e. The highest BCUT2D eigenvalue weighted by Gasteiger charge is 2.43. The molecule has 2 rings (SSSR count). The van der Waals surface area contributed by atoms with E-state index in [0.717, 1.165) is 9.87 Å². The van der Waals surface area contributed by atoms with E-state index in [1.807, 2.05) is 44.2 Å². The molecule has 43 heavy (non-hydrogen) atoms. The first kappa shape index (κ1) is 35.7. The zero-order chi connectivity index (χ0) is 31.7. The van der Waals surface area contributed by atoms with Crippen molar-refractivity contribution in [1.29, 1.82) is 0 Å². The van der Waals surface area contributed by atoms with E-state index in [2.05, 4.69) is 27.9 Å². The summed E-state index contributed by atoms with van der Waals surface area (Å²) in [5.74, 6) is 2.55. The van der Waals surface area contributed by atoms with Crippen LogP contribution in [0.4, 0.5) is 0 Å². The first-order chi connectivity index (χ1) is 20.5. The second-order valence-corrected chi connectivity index (χ2v) is 12.2. The number of benzene rings is 2. The van der Waals surface area contributed by atoms with Gasteiger partial charge >= 0.3 is 0 Å². The molecule has 0 radical (unpaired) electrons. The molecule has 2 amide bonds. The van der Waals surface area contributed by atoms with E-state index < -0.39 is 15.7 Å². The first-order valence-corrected chi connectivity index (χ1v) is 15.6. The number of amides is 2. The van der Waals surface area contributed by atoms with Gasteiger partial charge in [0.15, 0.2) is 0 Å². The summed E-state index contributed by atoms with van der Waals surface area (Å²) >= 11 is 0. The number of hydrogen-bond donors (Lipinski definition) is 4. The molecule has 4 N–H and O–H groups in total. The number of nitrogens with zero attached hydrogens (tertiary/aromatic N) is 1. The van der Waals surface area contributed by atoms with E-state index in [-0.39, 0.29) is 67.9 Å². The van der Waals surface area contributed by atoms with Gasteiger partial charge in [0.2, 0.25) is 21.8 Å². The minimum Gasteiger partial charge on any atom is -0.497 e. The monoisotopic (exact) mass is 616 g/mol. The van der Waals surface area contributed by atoms with Crippen molar-refractivity contribution in [1.82, 2.24) is 20.3 Å². The highest BCUT2D eigenvalue weighted by atomic mass is 32.2. The van der Waals surface area contributed by atoms with Gasteiger partial charge in [0, 0.05) is 58.5 Å². The second kappa shape index (κ2) is 18.3. The van der Waals surface area contributed by atoms with Crippen molar-refractivity contribution in [2.75, 3.05) is 47.0 Å². The van der Waals surface area contributed by atoms with Gasteiger partial charge in [-0.15, -0.1) is 0 Å². The summed E-state index contributed by atoms with van der Waals surface area (Å²) < 4.78 is 39.1. The fraction of sp³-hybridized carbons (Fsp3) is 0.484. The smallest absolute Gasteiger partial charge is 0.245 e. The first-order valence-electron chi connectivity index (χ1n) is 14.2. The lowest BCUT2D eigenvalue weighted by molar-refractivity contribution is -0.121. The van der Waals surface area contributed by atoms with Crippen molar-refractivity contribution in [2.45, 2.75) is 50.2 Å². The number of aliphatic hydroxyl groups is 1. The Hall–Kier alpha value is -3.47. The molecule has 0 aliphatic heterocycles. The molecule has 2 aromatic carbocycles. The highest BCUT2D eigenvalue weighted by Crippen LogP contribution is 2.31. The number of hydrogen-bond acceptors (Lipinski definition) is 8. The quantitative estimate of drug-likeness (QED) is 0.0860. The molecule has 0 aromatic heterocycles. The molecule has 1 unspecified atom stereocenters. The Labute approximate surface area is 255 Å². The number of ether oxygens (including phenoxy) is 2. The standard InChI is InChI=1S/C31H44N4O7S/c1-25(2)24-35(43(39,40)28-15-13-27(42-4)14-16-28)31(38,22-26-10-6-5-7-11-26)17-19-34-29(36)12-8-9-18-33-30(37)23-32-20-21-41-3/h5-7,10-11,13-16,25,32,38H,8,12,17,19-24H2,1-4H3,(H,33,37)(H,34,36). The molecule has 1 atom stereocenters. The van der Waals surface area contributed by atoms with E-state index >= 15 is 0 Å². The Kier molecular flexibility index (Phi) is 15.2. The zero-order valence-corrected chi connectivity index (χ0v) is 26.2. The molecular weight excluding hydrogens is 572 g/mol. The average molecular weight is 617 g/mol. The summed E-state index contributed by atoms with van der Waals surface area (Å²) in [7, 11) is -1.06. The minimum absolute atomic E-state index is 0.0251. The van der Waals surface area contributed by atoms with E-state index in [4.69, 9.17) is 9.47 Å². The van der Waals surface area contributed by atoms with Crippen molar-refractivity contribution in [3.63, 3.8) is 0 Å². The van der Waals surface area contributed by atoms with Gasteiger partial charge in [0.05, 0.1) is 25.2 Å². The predicted molar refractivity (Wildman–Crippen MR) is 164 cm³/mol. The Morgan fingerprint density at radius 1 is 1.02 bits per heavy atom. The number of carbonyl (C=O) groups is 2. The third-order valence-corrected chi connectivity index (χ3v) is 8.29. The molecule has 0 fully saturated rings. The van der Waals surface area contributed by atoms with Crippen molar-refractivity contribution < 1.29 is 32.6 Å². The summed E-state index contributed by atoms with van der Waals surface area (Å²) in [5, 5.41) is 20.2. The third kappa shape index (κ3) is 12.3. The Morgan fingerprint density at radius 3 is 2.35 bits per heavy atom. The van der Waals surface area contributed by atoms with Gasteiger partial charge in [0.25, 0.3) is 0 Å². The number of carbonyl (C=O) groups excluding carboxylic acids is 2. The SMILES string of the molecule is COCCNCC(=O)NC#CCCC(=O)NCCC(O)(Cc1ccccc1)N(CC(C)C)S(=O)(=O)c1ccc(OC)cc1. The van der Waals surface area contributed by atoms with Gasteiger partial charge < -0.3 is 25.2 Å². The lowest BCUT2D eigenvalue weighted by Crippen LogP contribution is -2.55. The maximum atomic E-state index is 13.9. The number of rotatable bonds is 18. The second-order valence-electron chi connectivity index (χ2n) is 10.4. The molecule has 0 spiro atoms. The van der Waals surface area contributed by atoms with E-state index in [0.29, 0.717) is 18.9 Å². The van der Waals surface area contributed by atoms with Crippen LogP contribution in [0.15, 0.2) is 59.5 Å². The van der Waals surface area contributed by atoms with Gasteiger partial charge in [-0.25, -0.2) is 8.42 Å². The maximum absolute atomic E-state index is 13.9. The van der Waals surface area contributed by atoms with Crippen LogP contribution in [0.2, 0.25) is 0 Å². The lowest BCUT2D eigenvalue weighted by atomic mass is 9.98. The number of methoxy groups -OCH3 is 2. The Bertz CT molecular complexity index is 1310. The molecule has 0 aliphatic carbocycles. The molecule has 0 saturated carbocycles. The van der Waals surface area contributed by atoms with Crippen LogP contribution in [0.25, 0.3) is 0 Å². The molecule has 0 heterocycles. The summed E-state index contributed by atoms with van der Waals surface area (Å²) in [6, 6.07) is 17.7. The van der Waals surface area contributed by atoms with Gasteiger partial charge in [-0.3, -0.25) is 14.9 Å². The van der Waals surface area contributed by atoms with Crippen molar-refractivity contribution in [2.24, 2.45) is 5.92 Å². The van der Waals surface area contributed by atoms with Crippen molar-refractivity contribution >= 4 is 21.8 Å². The van der Waals surface area contributed by atoms with Crippen LogP contribution in [0.5, 0.6) is 5.75 Å². The average Bonchev–Trinajstić information content (AvgIpc) is 2.98. The summed E-state index contributed by atoms with van der Waals surface area (Å²) in [6.07, 6.45) is 0.264. The fourth-order valence-corrected chi connectivity index (χ4v) is 6.02. The van der Waals surface area contributed by atoms with Gasteiger partial charge in [-0.2, -0.15) is 4.31 Å². The normalized spacial score (nSPS) is 12.7. The lowest BCUT2D eigenvalue weighted by Gasteiger charge is -2.40. The Morgan fingerprint density at radius 2 is 1.72 bits per heavy atom.